The summed E-state index contributed by atoms with van der Waals surface area (Å²) in [5, 5.41) is 2.58. The van der Waals surface area contributed by atoms with E-state index in [0.29, 0.717) is 30.0 Å². The predicted octanol–water partition coefficient (Wildman–Crippen LogP) is 5.34. The molecular weight excluding hydrogens is 356 g/mol. The Balaban J connectivity index is 2.32. The van der Waals surface area contributed by atoms with Crippen LogP contribution in [-0.4, -0.2) is 19.8 Å². The second-order valence-electron chi connectivity index (χ2n) is 5.65. The number of nitrogens with one attached hydrogen (secondary N) is 1. The number of ether oxygens (including phenoxy) is 3. The number of carbonyl (C=O) groups excluding carboxylic acids is 1. The van der Waals surface area contributed by atoms with Gasteiger partial charge in [-0.05, 0) is 43.2 Å². The zero-order chi connectivity index (χ0) is 19.8. The summed E-state index contributed by atoms with van der Waals surface area (Å²) in [4.78, 5) is 11.6. The van der Waals surface area contributed by atoms with Gasteiger partial charge in [-0.2, -0.15) is 0 Å². The minimum absolute atomic E-state index is 0.0549. The van der Waals surface area contributed by atoms with E-state index < -0.39 is 12.5 Å². The summed E-state index contributed by atoms with van der Waals surface area (Å²) in [6, 6.07) is 9.83. The molecule has 0 unspecified atom stereocenters. The zero-order valence-corrected chi connectivity index (χ0v) is 15.6. The van der Waals surface area contributed by atoms with Gasteiger partial charge in [-0.15, -0.1) is 0 Å². The molecule has 0 aliphatic heterocycles. The molecule has 0 atom stereocenters. The van der Waals surface area contributed by atoms with Crippen molar-refractivity contribution in [1.82, 2.24) is 0 Å². The van der Waals surface area contributed by atoms with Crippen molar-refractivity contribution in [3.8, 4) is 11.5 Å². The van der Waals surface area contributed by atoms with E-state index in [2.05, 4.69) is 10.1 Å². The van der Waals surface area contributed by atoms with E-state index in [4.69, 9.17) is 9.47 Å². The number of alkyl halides is 2. The SMILES string of the molecule is CCOc1cccc(NC(=O)OC)c1COc1ccc(CC)cc1C(F)F. The molecule has 5 nitrogen and oxygen atoms in total. The Hall–Kier alpha value is -2.83. The number of halogens is 2. The minimum atomic E-state index is -2.65. The normalized spacial score (nSPS) is 10.6. The number of aryl methyl sites for hydroxylation is 1. The van der Waals surface area contributed by atoms with Crippen LogP contribution in [0.25, 0.3) is 0 Å². The quantitative estimate of drug-likeness (QED) is 0.672. The summed E-state index contributed by atoms with van der Waals surface area (Å²) in [5.74, 6) is 0.590. The van der Waals surface area contributed by atoms with Crippen LogP contribution in [0.15, 0.2) is 36.4 Å². The van der Waals surface area contributed by atoms with Crippen molar-refractivity contribution >= 4 is 11.8 Å². The Kier molecular flexibility index (Phi) is 7.40. The molecule has 0 aliphatic carbocycles. The van der Waals surface area contributed by atoms with E-state index in [1.54, 1.807) is 24.3 Å². The zero-order valence-electron chi connectivity index (χ0n) is 15.6. The van der Waals surface area contributed by atoms with Crippen LogP contribution >= 0.6 is 0 Å². The van der Waals surface area contributed by atoms with E-state index in [0.717, 1.165) is 5.56 Å². The summed E-state index contributed by atoms with van der Waals surface area (Å²) in [6.07, 6.45) is -2.65. The van der Waals surface area contributed by atoms with Crippen LogP contribution in [0.3, 0.4) is 0 Å². The summed E-state index contributed by atoms with van der Waals surface area (Å²) in [6.45, 7) is 4.07. The number of hydrogen-bond donors (Lipinski definition) is 1. The van der Waals surface area contributed by atoms with Crippen LogP contribution in [-0.2, 0) is 17.8 Å². The van der Waals surface area contributed by atoms with E-state index >= 15 is 0 Å². The average molecular weight is 379 g/mol. The Morgan fingerprint density at radius 3 is 2.52 bits per heavy atom. The highest BCUT2D eigenvalue weighted by Gasteiger charge is 2.17. The Labute approximate surface area is 157 Å². The molecule has 2 aromatic rings. The standard InChI is InChI=1S/C20H23F2NO4/c1-4-13-9-10-18(14(11-13)19(21)22)27-12-15-16(23-20(24)25-3)7-6-8-17(15)26-5-2/h6-11,19H,4-5,12H2,1-3H3,(H,23,24). The molecule has 0 aliphatic rings. The van der Waals surface area contributed by atoms with Crippen LogP contribution < -0.4 is 14.8 Å². The summed E-state index contributed by atoms with van der Waals surface area (Å²) < 4.78 is 42.6. The number of hydrogen-bond acceptors (Lipinski definition) is 4. The summed E-state index contributed by atoms with van der Waals surface area (Å²) in [7, 11) is 1.25. The van der Waals surface area contributed by atoms with Gasteiger partial charge in [-0.3, -0.25) is 5.32 Å². The summed E-state index contributed by atoms with van der Waals surface area (Å²) >= 11 is 0. The van der Waals surface area contributed by atoms with Gasteiger partial charge in [0.05, 0.1) is 30.5 Å². The maximum atomic E-state index is 13.4. The number of carbonyl (C=O) groups is 1. The first-order chi connectivity index (χ1) is 13.0. The van der Waals surface area contributed by atoms with Crippen LogP contribution in [0.4, 0.5) is 19.3 Å². The highest BCUT2D eigenvalue weighted by molar-refractivity contribution is 5.86. The highest BCUT2D eigenvalue weighted by Crippen LogP contribution is 2.33. The number of rotatable bonds is 8. The first-order valence-electron chi connectivity index (χ1n) is 8.63. The molecule has 1 amide bonds. The molecule has 0 fully saturated rings. The van der Waals surface area contributed by atoms with E-state index in [-0.39, 0.29) is 17.9 Å². The van der Waals surface area contributed by atoms with Crippen molar-refractivity contribution < 1.29 is 27.8 Å². The average Bonchev–Trinajstić information content (AvgIpc) is 2.67. The van der Waals surface area contributed by atoms with Crippen molar-refractivity contribution in [3.63, 3.8) is 0 Å². The number of benzene rings is 2. The van der Waals surface area contributed by atoms with Crippen LogP contribution in [0, 0.1) is 0 Å². The molecule has 27 heavy (non-hydrogen) atoms. The van der Waals surface area contributed by atoms with Gasteiger partial charge in [-0.25, -0.2) is 13.6 Å². The molecule has 146 valence electrons. The molecule has 2 rings (SSSR count). The van der Waals surface area contributed by atoms with Crippen molar-refractivity contribution in [2.45, 2.75) is 33.3 Å². The largest absolute Gasteiger partial charge is 0.493 e. The van der Waals surface area contributed by atoms with Gasteiger partial charge >= 0.3 is 6.09 Å². The first-order valence-corrected chi connectivity index (χ1v) is 8.63. The third-order valence-corrected chi connectivity index (χ3v) is 3.94. The van der Waals surface area contributed by atoms with Gasteiger partial charge < -0.3 is 14.2 Å². The predicted molar refractivity (Wildman–Crippen MR) is 98.7 cm³/mol. The van der Waals surface area contributed by atoms with E-state index in [9.17, 15) is 13.6 Å². The number of anilines is 1. The van der Waals surface area contributed by atoms with Gasteiger partial charge in [-0.1, -0.05) is 19.1 Å². The highest BCUT2D eigenvalue weighted by atomic mass is 19.3. The summed E-state index contributed by atoms with van der Waals surface area (Å²) in [5.41, 5.74) is 1.60. The lowest BCUT2D eigenvalue weighted by atomic mass is 10.1. The molecule has 2 aromatic carbocycles. The van der Waals surface area contributed by atoms with Crippen molar-refractivity contribution in [2.24, 2.45) is 0 Å². The molecule has 0 bridgehead atoms. The van der Waals surface area contributed by atoms with E-state index in [1.165, 1.54) is 19.2 Å². The molecule has 0 heterocycles. The van der Waals surface area contributed by atoms with Gasteiger partial charge in [0.15, 0.2) is 0 Å². The molecule has 0 saturated heterocycles. The van der Waals surface area contributed by atoms with Gasteiger partial charge in [0.2, 0.25) is 0 Å². The topological polar surface area (TPSA) is 56.8 Å². The molecule has 0 spiro atoms. The maximum absolute atomic E-state index is 13.4. The van der Waals surface area contributed by atoms with Crippen molar-refractivity contribution in [2.75, 3.05) is 19.0 Å². The Bertz CT molecular complexity index is 781. The van der Waals surface area contributed by atoms with Crippen LogP contribution in [0.1, 0.15) is 37.0 Å². The lowest BCUT2D eigenvalue weighted by molar-refractivity contribution is 0.144. The lowest BCUT2D eigenvalue weighted by Gasteiger charge is -2.17. The van der Waals surface area contributed by atoms with Crippen molar-refractivity contribution in [1.29, 1.82) is 0 Å². The third kappa shape index (κ3) is 5.32. The van der Waals surface area contributed by atoms with Gasteiger partial charge in [0.25, 0.3) is 6.43 Å². The molecule has 7 heteroatoms. The smallest absolute Gasteiger partial charge is 0.411 e. The number of amides is 1. The fraction of sp³-hybridized carbons (Fsp3) is 0.350. The van der Waals surface area contributed by atoms with Gasteiger partial charge in [0, 0.05) is 0 Å². The number of methoxy groups -OCH3 is 1. The Morgan fingerprint density at radius 1 is 1.11 bits per heavy atom. The van der Waals surface area contributed by atoms with E-state index in [1.807, 2.05) is 13.8 Å². The fourth-order valence-corrected chi connectivity index (χ4v) is 2.55. The maximum Gasteiger partial charge on any atom is 0.411 e. The second kappa shape index (κ2) is 9.75. The lowest BCUT2D eigenvalue weighted by Crippen LogP contribution is -2.14. The molecule has 0 aromatic heterocycles. The monoisotopic (exact) mass is 379 g/mol. The molecule has 0 saturated carbocycles. The van der Waals surface area contributed by atoms with Crippen molar-refractivity contribution in [3.05, 3.63) is 53.1 Å². The van der Waals surface area contributed by atoms with Crippen LogP contribution in [0.5, 0.6) is 11.5 Å². The van der Waals surface area contributed by atoms with Gasteiger partial charge in [0.1, 0.15) is 18.1 Å². The Morgan fingerprint density at radius 2 is 1.89 bits per heavy atom. The second-order valence-corrected chi connectivity index (χ2v) is 5.65. The van der Waals surface area contributed by atoms with Crippen LogP contribution in [0.2, 0.25) is 0 Å². The molecule has 0 radical (unpaired) electrons. The third-order valence-electron chi connectivity index (χ3n) is 3.94. The fourth-order valence-electron chi connectivity index (χ4n) is 2.55. The first kappa shape index (κ1) is 20.5. The molecule has 1 N–H and O–H groups in total. The molecular formula is C20H23F2NO4. The minimum Gasteiger partial charge on any atom is -0.493 e.